The SMILES string of the molecule is COC(C)(C)CC(=O)N(C)CC1CC(O)C1. The predicted molar refractivity (Wildman–Crippen MR) is 62.1 cm³/mol. The average Bonchev–Trinajstić information content (AvgIpc) is 2.14. The zero-order chi connectivity index (χ0) is 12.3. The summed E-state index contributed by atoms with van der Waals surface area (Å²) in [5.74, 6) is 0.572. The number of aliphatic hydroxyl groups excluding tert-OH is 1. The quantitative estimate of drug-likeness (QED) is 0.766. The molecule has 0 aromatic rings. The first kappa shape index (κ1) is 13.5. The van der Waals surface area contributed by atoms with E-state index < -0.39 is 5.60 Å². The fourth-order valence-electron chi connectivity index (χ4n) is 1.91. The molecule has 1 N–H and O–H groups in total. The normalized spacial score (nSPS) is 25.1. The molecule has 0 bridgehead atoms. The minimum absolute atomic E-state index is 0.105. The second-order valence-electron chi connectivity index (χ2n) is 5.41. The van der Waals surface area contributed by atoms with E-state index in [0.29, 0.717) is 12.3 Å². The zero-order valence-corrected chi connectivity index (χ0v) is 10.7. The summed E-state index contributed by atoms with van der Waals surface area (Å²) in [5.41, 5.74) is -0.398. The number of ether oxygens (including phenoxy) is 1. The Labute approximate surface area is 97.6 Å². The standard InChI is InChI=1S/C12H23NO3/c1-12(2,16-4)7-11(15)13(3)8-9-5-10(14)6-9/h9-10,14H,5-8H2,1-4H3. The van der Waals surface area contributed by atoms with Gasteiger partial charge in [0, 0.05) is 20.7 Å². The van der Waals surface area contributed by atoms with Crippen molar-refractivity contribution in [2.75, 3.05) is 20.7 Å². The van der Waals surface area contributed by atoms with Gasteiger partial charge in [0.25, 0.3) is 0 Å². The van der Waals surface area contributed by atoms with E-state index >= 15 is 0 Å². The molecule has 16 heavy (non-hydrogen) atoms. The number of carbonyl (C=O) groups is 1. The van der Waals surface area contributed by atoms with Crippen molar-refractivity contribution in [3.8, 4) is 0 Å². The first-order valence-electron chi connectivity index (χ1n) is 5.81. The first-order chi connectivity index (χ1) is 7.34. The molecule has 0 unspecified atom stereocenters. The van der Waals surface area contributed by atoms with Crippen molar-refractivity contribution in [3.63, 3.8) is 0 Å². The highest BCUT2D eigenvalue weighted by molar-refractivity contribution is 5.76. The molecule has 1 fully saturated rings. The highest BCUT2D eigenvalue weighted by Crippen LogP contribution is 2.28. The van der Waals surface area contributed by atoms with Gasteiger partial charge in [-0.15, -0.1) is 0 Å². The summed E-state index contributed by atoms with van der Waals surface area (Å²) in [4.78, 5) is 13.6. The van der Waals surface area contributed by atoms with Crippen LogP contribution in [0, 0.1) is 5.92 Å². The Hall–Kier alpha value is -0.610. The summed E-state index contributed by atoms with van der Waals surface area (Å²) in [6.07, 6.45) is 1.90. The molecule has 0 aromatic carbocycles. The summed E-state index contributed by atoms with van der Waals surface area (Å²) < 4.78 is 5.23. The van der Waals surface area contributed by atoms with Crippen molar-refractivity contribution in [1.29, 1.82) is 0 Å². The van der Waals surface area contributed by atoms with Gasteiger partial charge >= 0.3 is 0 Å². The summed E-state index contributed by atoms with van der Waals surface area (Å²) in [7, 11) is 3.44. The van der Waals surface area contributed by atoms with Crippen molar-refractivity contribution in [3.05, 3.63) is 0 Å². The van der Waals surface area contributed by atoms with Gasteiger partial charge in [-0.25, -0.2) is 0 Å². The van der Waals surface area contributed by atoms with Gasteiger partial charge in [0.2, 0.25) is 5.91 Å². The fourth-order valence-corrected chi connectivity index (χ4v) is 1.91. The number of hydrogen-bond acceptors (Lipinski definition) is 3. The maximum atomic E-state index is 11.9. The van der Waals surface area contributed by atoms with Crippen molar-refractivity contribution >= 4 is 5.91 Å². The molecule has 0 aliphatic heterocycles. The molecule has 1 rings (SSSR count). The maximum absolute atomic E-state index is 11.9. The van der Waals surface area contributed by atoms with Crippen LogP contribution in [-0.2, 0) is 9.53 Å². The van der Waals surface area contributed by atoms with E-state index in [0.717, 1.165) is 19.4 Å². The van der Waals surface area contributed by atoms with Gasteiger partial charge < -0.3 is 14.7 Å². The molecule has 0 radical (unpaired) electrons. The van der Waals surface area contributed by atoms with Crippen LogP contribution in [0.25, 0.3) is 0 Å². The fraction of sp³-hybridized carbons (Fsp3) is 0.917. The molecule has 1 aliphatic rings. The Bertz CT molecular complexity index is 247. The molecule has 1 amide bonds. The lowest BCUT2D eigenvalue weighted by Gasteiger charge is -2.35. The van der Waals surface area contributed by atoms with Crippen LogP contribution < -0.4 is 0 Å². The second-order valence-corrected chi connectivity index (χ2v) is 5.41. The van der Waals surface area contributed by atoms with Crippen LogP contribution in [0.15, 0.2) is 0 Å². The Kier molecular flexibility index (Phi) is 4.33. The van der Waals surface area contributed by atoms with Crippen LogP contribution in [0.3, 0.4) is 0 Å². The van der Waals surface area contributed by atoms with Crippen LogP contribution in [0.1, 0.15) is 33.1 Å². The number of carbonyl (C=O) groups excluding carboxylic acids is 1. The van der Waals surface area contributed by atoms with E-state index in [4.69, 9.17) is 4.74 Å². The van der Waals surface area contributed by atoms with Crippen molar-refractivity contribution in [2.24, 2.45) is 5.92 Å². The highest BCUT2D eigenvalue weighted by Gasteiger charge is 2.30. The molecular weight excluding hydrogens is 206 g/mol. The van der Waals surface area contributed by atoms with Gasteiger partial charge in [-0.2, -0.15) is 0 Å². The topological polar surface area (TPSA) is 49.8 Å². The van der Waals surface area contributed by atoms with Crippen LogP contribution in [0.5, 0.6) is 0 Å². The third-order valence-corrected chi connectivity index (χ3v) is 3.30. The number of methoxy groups -OCH3 is 1. The second kappa shape index (κ2) is 5.15. The van der Waals surface area contributed by atoms with E-state index in [9.17, 15) is 9.90 Å². The molecular formula is C12H23NO3. The van der Waals surface area contributed by atoms with Crippen molar-refractivity contribution < 1.29 is 14.6 Å². The molecule has 0 atom stereocenters. The summed E-state index contributed by atoms with van der Waals surface area (Å²) in [6.45, 7) is 4.56. The summed E-state index contributed by atoms with van der Waals surface area (Å²) >= 11 is 0. The number of amides is 1. The van der Waals surface area contributed by atoms with Crippen LogP contribution in [0.2, 0.25) is 0 Å². The van der Waals surface area contributed by atoms with Crippen LogP contribution in [-0.4, -0.2) is 48.3 Å². The van der Waals surface area contributed by atoms with Crippen molar-refractivity contribution in [2.45, 2.75) is 44.8 Å². The number of rotatable bonds is 5. The summed E-state index contributed by atoms with van der Waals surface area (Å²) in [6, 6.07) is 0. The Morgan fingerprint density at radius 2 is 2.06 bits per heavy atom. The Balaban J connectivity index is 2.30. The Morgan fingerprint density at radius 1 is 1.50 bits per heavy atom. The van der Waals surface area contributed by atoms with E-state index in [2.05, 4.69) is 0 Å². The van der Waals surface area contributed by atoms with E-state index in [1.165, 1.54) is 0 Å². The minimum atomic E-state index is -0.398. The first-order valence-corrected chi connectivity index (χ1v) is 5.81. The molecule has 1 saturated carbocycles. The van der Waals surface area contributed by atoms with Gasteiger partial charge in [-0.05, 0) is 32.6 Å². The van der Waals surface area contributed by atoms with Gasteiger partial charge in [-0.1, -0.05) is 0 Å². The molecule has 4 nitrogen and oxygen atoms in total. The largest absolute Gasteiger partial charge is 0.393 e. The van der Waals surface area contributed by atoms with Crippen LogP contribution >= 0.6 is 0 Å². The highest BCUT2D eigenvalue weighted by atomic mass is 16.5. The van der Waals surface area contributed by atoms with Crippen LogP contribution in [0.4, 0.5) is 0 Å². The molecule has 0 aromatic heterocycles. The van der Waals surface area contributed by atoms with Gasteiger partial charge in [0.15, 0.2) is 0 Å². The number of hydrogen-bond donors (Lipinski definition) is 1. The number of aliphatic hydroxyl groups is 1. The van der Waals surface area contributed by atoms with Gasteiger partial charge in [-0.3, -0.25) is 4.79 Å². The molecule has 0 saturated heterocycles. The van der Waals surface area contributed by atoms with E-state index in [1.807, 2.05) is 20.9 Å². The van der Waals surface area contributed by atoms with Crippen molar-refractivity contribution in [1.82, 2.24) is 4.90 Å². The zero-order valence-electron chi connectivity index (χ0n) is 10.7. The predicted octanol–water partition coefficient (Wildman–Crippen LogP) is 1.03. The van der Waals surface area contributed by atoms with Gasteiger partial charge in [0.1, 0.15) is 0 Å². The van der Waals surface area contributed by atoms with E-state index in [-0.39, 0.29) is 12.0 Å². The third-order valence-electron chi connectivity index (χ3n) is 3.30. The monoisotopic (exact) mass is 229 g/mol. The molecule has 0 spiro atoms. The molecule has 1 aliphatic carbocycles. The molecule has 94 valence electrons. The smallest absolute Gasteiger partial charge is 0.225 e. The lowest BCUT2D eigenvalue weighted by atomic mass is 9.82. The average molecular weight is 229 g/mol. The molecule has 4 heteroatoms. The van der Waals surface area contributed by atoms with Gasteiger partial charge in [0.05, 0.1) is 18.1 Å². The minimum Gasteiger partial charge on any atom is -0.393 e. The lowest BCUT2D eigenvalue weighted by molar-refractivity contribution is -0.136. The van der Waals surface area contributed by atoms with E-state index in [1.54, 1.807) is 12.0 Å². The Morgan fingerprint density at radius 3 is 2.50 bits per heavy atom. The third kappa shape index (κ3) is 3.76. The molecule has 0 heterocycles. The number of nitrogens with zero attached hydrogens (tertiary/aromatic N) is 1. The summed E-state index contributed by atoms with van der Waals surface area (Å²) in [5, 5.41) is 9.17. The maximum Gasteiger partial charge on any atom is 0.225 e. The lowest BCUT2D eigenvalue weighted by Crippen LogP contribution is -2.41.